The number of hydrogen-bond donors (Lipinski definition) is 0. The van der Waals surface area contributed by atoms with E-state index < -0.39 is 10.0 Å². The third-order valence-corrected chi connectivity index (χ3v) is 10.2. The topological polar surface area (TPSA) is 59.1 Å². The van der Waals surface area contributed by atoms with Crippen molar-refractivity contribution in [2.75, 3.05) is 40.5 Å². The molecule has 2 heterocycles. The number of nitrogens with zero attached hydrogens (tertiary/aromatic N) is 2. The second-order valence-corrected chi connectivity index (χ2v) is 12.4. The largest absolute Gasteiger partial charge is 0.496 e. The number of aryl methyl sites for hydroxylation is 2. The molecule has 0 spiro atoms. The van der Waals surface area contributed by atoms with Crippen molar-refractivity contribution in [2.45, 2.75) is 49.6 Å². The molecule has 0 bridgehead atoms. The first-order valence-electron chi connectivity index (χ1n) is 13.4. The van der Waals surface area contributed by atoms with E-state index in [2.05, 4.69) is 48.2 Å². The lowest BCUT2D eigenvalue weighted by Crippen LogP contribution is -2.68. The van der Waals surface area contributed by atoms with Crippen LogP contribution in [0.1, 0.15) is 35.4 Å². The average molecular weight is 535 g/mol. The van der Waals surface area contributed by atoms with Gasteiger partial charge in [-0.2, -0.15) is 4.31 Å². The van der Waals surface area contributed by atoms with Crippen LogP contribution in [0, 0.1) is 13.8 Å². The molecule has 0 amide bonds. The Balaban J connectivity index is 1.46. The fourth-order valence-corrected chi connectivity index (χ4v) is 7.92. The standard InChI is InChI=1S/C31H38N2O4S/c1-22-11-16-29(37-4)26(19-22)24-12-14-25(15-13-24)31-27-20-32(17-7-8-18-33(27)28(31)21-36-3)38(34,35)30-10-6-5-9-23(30)2/h5-6,9-16,19,27-28,31H,7-8,17-18,20-21H2,1-4H3/t27-,28+,31-/m0/s1. The zero-order valence-electron chi connectivity index (χ0n) is 22.8. The highest BCUT2D eigenvalue weighted by atomic mass is 32.2. The van der Waals surface area contributed by atoms with Gasteiger partial charge in [0, 0.05) is 43.8 Å². The summed E-state index contributed by atoms with van der Waals surface area (Å²) in [7, 11) is -0.136. The molecule has 202 valence electrons. The highest BCUT2D eigenvalue weighted by Crippen LogP contribution is 2.43. The van der Waals surface area contributed by atoms with Gasteiger partial charge in [-0.1, -0.05) is 54.1 Å². The van der Waals surface area contributed by atoms with E-state index in [1.807, 2.05) is 31.2 Å². The van der Waals surface area contributed by atoms with Crippen molar-refractivity contribution in [2.24, 2.45) is 0 Å². The lowest BCUT2D eigenvalue weighted by molar-refractivity contribution is -0.0635. The summed E-state index contributed by atoms with van der Waals surface area (Å²) < 4.78 is 40.5. The third-order valence-electron chi connectivity index (χ3n) is 8.16. The van der Waals surface area contributed by atoms with Gasteiger partial charge in [0.25, 0.3) is 0 Å². The summed E-state index contributed by atoms with van der Waals surface area (Å²) in [6, 6.07) is 22.5. The van der Waals surface area contributed by atoms with Crippen molar-refractivity contribution in [1.29, 1.82) is 0 Å². The highest BCUT2D eigenvalue weighted by Gasteiger charge is 2.50. The molecule has 2 fully saturated rings. The molecule has 7 heteroatoms. The molecule has 0 radical (unpaired) electrons. The number of benzene rings is 3. The Hall–Kier alpha value is -2.71. The summed E-state index contributed by atoms with van der Waals surface area (Å²) in [5, 5.41) is 0. The third kappa shape index (κ3) is 5.00. The lowest BCUT2D eigenvalue weighted by Gasteiger charge is -2.57. The van der Waals surface area contributed by atoms with Gasteiger partial charge >= 0.3 is 0 Å². The zero-order chi connectivity index (χ0) is 26.9. The fraction of sp³-hybridized carbons (Fsp3) is 0.419. The molecule has 5 rings (SSSR count). The maximum absolute atomic E-state index is 13.8. The van der Waals surface area contributed by atoms with Crippen LogP contribution in [0.2, 0.25) is 0 Å². The smallest absolute Gasteiger partial charge is 0.243 e. The molecule has 0 N–H and O–H groups in total. The van der Waals surface area contributed by atoms with Gasteiger partial charge < -0.3 is 9.47 Å². The summed E-state index contributed by atoms with van der Waals surface area (Å²) in [5.41, 5.74) is 5.37. The first-order valence-corrected chi connectivity index (χ1v) is 14.8. The molecular formula is C31H38N2O4S. The Bertz CT molecular complexity index is 1370. The van der Waals surface area contributed by atoms with E-state index in [-0.39, 0.29) is 18.0 Å². The minimum absolute atomic E-state index is 0.105. The van der Waals surface area contributed by atoms with Crippen molar-refractivity contribution < 1.29 is 17.9 Å². The number of methoxy groups -OCH3 is 2. The van der Waals surface area contributed by atoms with Crippen LogP contribution in [0.5, 0.6) is 5.75 Å². The number of ether oxygens (including phenoxy) is 2. The van der Waals surface area contributed by atoms with Crippen LogP contribution in [0.3, 0.4) is 0 Å². The van der Waals surface area contributed by atoms with Gasteiger partial charge in [-0.05, 0) is 68.1 Å². The molecule has 3 aromatic carbocycles. The highest BCUT2D eigenvalue weighted by molar-refractivity contribution is 7.89. The number of fused-ring (bicyclic) bond motifs is 1. The van der Waals surface area contributed by atoms with Crippen LogP contribution < -0.4 is 4.74 Å². The van der Waals surface area contributed by atoms with Gasteiger partial charge in [0.1, 0.15) is 5.75 Å². The maximum Gasteiger partial charge on any atom is 0.243 e. The SMILES string of the molecule is COC[C@@H]1[C@@H](c2ccc(-c3cc(C)ccc3OC)cc2)[C@@H]2CN(S(=O)(=O)c3ccccc3C)CCCCN12. The molecule has 0 aliphatic carbocycles. The van der Waals surface area contributed by atoms with Crippen LogP contribution >= 0.6 is 0 Å². The first kappa shape index (κ1) is 26.9. The van der Waals surface area contributed by atoms with Gasteiger partial charge in [-0.3, -0.25) is 4.90 Å². The summed E-state index contributed by atoms with van der Waals surface area (Å²) >= 11 is 0. The number of rotatable bonds is 7. The predicted octanol–water partition coefficient (Wildman–Crippen LogP) is 5.25. The van der Waals surface area contributed by atoms with Gasteiger partial charge in [0.05, 0.1) is 18.6 Å². The van der Waals surface area contributed by atoms with E-state index in [4.69, 9.17) is 9.47 Å². The van der Waals surface area contributed by atoms with Gasteiger partial charge in [-0.15, -0.1) is 0 Å². The van der Waals surface area contributed by atoms with Crippen LogP contribution in [0.15, 0.2) is 71.6 Å². The van der Waals surface area contributed by atoms with Gasteiger partial charge in [0.15, 0.2) is 0 Å². The molecule has 38 heavy (non-hydrogen) atoms. The van der Waals surface area contributed by atoms with Crippen molar-refractivity contribution in [1.82, 2.24) is 9.21 Å². The van der Waals surface area contributed by atoms with E-state index >= 15 is 0 Å². The van der Waals surface area contributed by atoms with E-state index in [0.717, 1.165) is 41.8 Å². The Morgan fingerprint density at radius 3 is 2.37 bits per heavy atom. The van der Waals surface area contributed by atoms with Crippen LogP contribution in [-0.4, -0.2) is 70.2 Å². The second kappa shape index (κ2) is 11.2. The van der Waals surface area contributed by atoms with Crippen LogP contribution in [0.4, 0.5) is 0 Å². The van der Waals surface area contributed by atoms with Crippen molar-refractivity contribution >= 4 is 10.0 Å². The summed E-state index contributed by atoms with van der Waals surface area (Å²) in [4.78, 5) is 2.87. The number of hydrogen-bond acceptors (Lipinski definition) is 5. The van der Waals surface area contributed by atoms with E-state index in [0.29, 0.717) is 24.6 Å². The predicted molar refractivity (Wildman–Crippen MR) is 151 cm³/mol. The molecule has 0 saturated carbocycles. The second-order valence-electron chi connectivity index (χ2n) is 10.5. The summed E-state index contributed by atoms with van der Waals surface area (Å²) in [5.74, 6) is 1.04. The Labute approximate surface area is 227 Å². The molecule has 2 aliphatic heterocycles. The Morgan fingerprint density at radius 2 is 1.66 bits per heavy atom. The lowest BCUT2D eigenvalue weighted by atomic mass is 9.74. The van der Waals surface area contributed by atoms with Gasteiger partial charge in [-0.25, -0.2) is 8.42 Å². The monoisotopic (exact) mass is 534 g/mol. The Morgan fingerprint density at radius 1 is 0.921 bits per heavy atom. The van der Waals surface area contributed by atoms with E-state index in [9.17, 15) is 8.42 Å². The molecule has 0 aromatic heterocycles. The minimum Gasteiger partial charge on any atom is -0.496 e. The molecular weight excluding hydrogens is 496 g/mol. The minimum atomic E-state index is -3.58. The van der Waals surface area contributed by atoms with Crippen LogP contribution in [0.25, 0.3) is 11.1 Å². The molecule has 0 unspecified atom stereocenters. The van der Waals surface area contributed by atoms with Crippen molar-refractivity contribution in [3.05, 3.63) is 83.4 Å². The maximum atomic E-state index is 13.8. The first-order chi connectivity index (χ1) is 18.3. The molecule has 3 aromatic rings. The van der Waals surface area contributed by atoms with Crippen molar-refractivity contribution in [3.8, 4) is 16.9 Å². The summed E-state index contributed by atoms with van der Waals surface area (Å²) in [6.07, 6.45) is 1.82. The molecule has 2 aliphatic rings. The van der Waals surface area contributed by atoms with Crippen molar-refractivity contribution in [3.63, 3.8) is 0 Å². The van der Waals surface area contributed by atoms with Crippen LogP contribution in [-0.2, 0) is 14.8 Å². The average Bonchev–Trinajstić information content (AvgIpc) is 2.90. The summed E-state index contributed by atoms with van der Waals surface area (Å²) in [6.45, 7) is 6.57. The molecule has 6 nitrogen and oxygen atoms in total. The zero-order valence-corrected chi connectivity index (χ0v) is 23.6. The molecule has 3 atom stereocenters. The number of sulfonamides is 1. The van der Waals surface area contributed by atoms with Gasteiger partial charge in [0.2, 0.25) is 10.0 Å². The quantitative estimate of drug-likeness (QED) is 0.415. The Kier molecular flexibility index (Phi) is 7.91. The molecule has 2 saturated heterocycles. The van der Waals surface area contributed by atoms with E-state index in [1.165, 1.54) is 11.1 Å². The fourth-order valence-electron chi connectivity index (χ4n) is 6.20. The van der Waals surface area contributed by atoms with E-state index in [1.54, 1.807) is 24.6 Å². The normalized spacial score (nSPS) is 22.7.